The van der Waals surface area contributed by atoms with Gasteiger partial charge in [0.25, 0.3) is 0 Å². The summed E-state index contributed by atoms with van der Waals surface area (Å²) in [6, 6.07) is 26.4. The lowest BCUT2D eigenvalue weighted by Crippen LogP contribution is -2.54. The average Bonchev–Trinajstić information content (AvgIpc) is 3.33. The van der Waals surface area contributed by atoms with Gasteiger partial charge in [0.2, 0.25) is 29.5 Å². The SMILES string of the molecule is N[C@@H](C(=O)N[C@H](Cc1ccc(O)cc1)C(=O)N[C@H](C(=O)N[C@@H](C(=O)N[C@@H](C(=O)N[C@@H](Cc1ccc(O)cc1)C(=O)O)c1ccc(O)cc1)c1ccc(O)cc1)c1ccccc1)c1ccc(O)cc1. The Morgan fingerprint density at radius 2 is 0.676 bits per heavy atom. The van der Waals surface area contributed by atoms with Crippen LogP contribution in [0.3, 0.4) is 0 Å². The number of aliphatic carboxylic acids is 1. The maximum Gasteiger partial charge on any atom is 0.326 e. The van der Waals surface area contributed by atoms with Crippen LogP contribution in [0.1, 0.15) is 57.5 Å². The number of hydrogen-bond acceptors (Lipinski definition) is 12. The lowest BCUT2D eigenvalue weighted by molar-refractivity contribution is -0.142. The van der Waals surface area contributed by atoms with Crippen molar-refractivity contribution in [3.8, 4) is 28.7 Å². The van der Waals surface area contributed by atoms with Crippen LogP contribution in [0.5, 0.6) is 28.7 Å². The molecule has 0 heterocycles. The van der Waals surface area contributed by atoms with Crippen LogP contribution in [0.2, 0.25) is 0 Å². The molecule has 0 saturated carbocycles. The molecule has 0 unspecified atom stereocenters. The van der Waals surface area contributed by atoms with E-state index < -0.39 is 71.8 Å². The number of phenolic OH excluding ortho intramolecular Hbond substituents is 5. The summed E-state index contributed by atoms with van der Waals surface area (Å²) in [6.45, 7) is 0. The monoisotopic (exact) mass is 924 g/mol. The average molecular weight is 925 g/mol. The van der Waals surface area contributed by atoms with Crippen LogP contribution in [0.4, 0.5) is 0 Å². The number of phenols is 5. The summed E-state index contributed by atoms with van der Waals surface area (Å²) >= 11 is 0. The molecule has 0 aliphatic carbocycles. The molecule has 0 bridgehead atoms. The van der Waals surface area contributed by atoms with Crippen molar-refractivity contribution in [3.05, 3.63) is 185 Å². The first-order valence-corrected chi connectivity index (χ1v) is 21.0. The van der Waals surface area contributed by atoms with Crippen molar-refractivity contribution in [1.82, 2.24) is 26.6 Å². The molecule has 0 saturated heterocycles. The van der Waals surface area contributed by atoms with Crippen molar-refractivity contribution in [3.63, 3.8) is 0 Å². The lowest BCUT2D eigenvalue weighted by Gasteiger charge is -2.28. The van der Waals surface area contributed by atoms with Gasteiger partial charge in [-0.25, -0.2) is 4.79 Å². The van der Waals surface area contributed by atoms with Crippen molar-refractivity contribution < 1.29 is 59.4 Å². The highest BCUT2D eigenvalue weighted by atomic mass is 16.4. The Kier molecular flexibility index (Phi) is 15.9. The maximum atomic E-state index is 14.6. The second-order valence-electron chi connectivity index (χ2n) is 15.7. The first-order valence-electron chi connectivity index (χ1n) is 21.0. The van der Waals surface area contributed by atoms with Gasteiger partial charge >= 0.3 is 5.97 Å². The first kappa shape index (κ1) is 48.6. The molecule has 0 aliphatic rings. The zero-order valence-corrected chi connectivity index (χ0v) is 36.0. The van der Waals surface area contributed by atoms with Crippen molar-refractivity contribution in [2.45, 2.75) is 49.1 Å². The number of carboxylic acid groups (broad SMARTS) is 1. The molecule has 0 radical (unpaired) electrons. The third-order valence-electron chi connectivity index (χ3n) is 10.8. The number of nitrogens with two attached hydrogens (primary N) is 1. The van der Waals surface area contributed by atoms with E-state index in [-0.39, 0.29) is 58.3 Å². The fourth-order valence-corrected chi connectivity index (χ4v) is 7.07. The van der Waals surface area contributed by atoms with E-state index in [1.54, 1.807) is 18.2 Å². The summed E-state index contributed by atoms with van der Waals surface area (Å²) in [5.74, 6) is -6.49. The molecule has 6 rings (SSSR count). The minimum absolute atomic E-state index is 0.0498. The molecule has 350 valence electrons. The molecule has 68 heavy (non-hydrogen) atoms. The van der Waals surface area contributed by atoms with Gasteiger partial charge in [0, 0.05) is 12.8 Å². The van der Waals surface area contributed by atoms with E-state index in [1.807, 2.05) is 0 Å². The van der Waals surface area contributed by atoms with E-state index in [4.69, 9.17) is 5.73 Å². The van der Waals surface area contributed by atoms with Crippen LogP contribution in [-0.4, -0.2) is 78.2 Å². The second kappa shape index (κ2) is 22.3. The predicted octanol–water partition coefficient (Wildman–Crippen LogP) is 3.33. The van der Waals surface area contributed by atoms with Crippen LogP contribution in [0.25, 0.3) is 0 Å². The van der Waals surface area contributed by atoms with Gasteiger partial charge in [-0.2, -0.15) is 0 Å². The Labute approximate surface area is 389 Å². The molecule has 0 aromatic heterocycles. The summed E-state index contributed by atoms with van der Waals surface area (Å²) in [4.78, 5) is 83.6. The van der Waals surface area contributed by atoms with E-state index in [9.17, 15) is 59.4 Å². The molecule has 6 aromatic rings. The van der Waals surface area contributed by atoms with Gasteiger partial charge in [-0.05, 0) is 94.0 Å². The van der Waals surface area contributed by atoms with Crippen molar-refractivity contribution >= 4 is 35.5 Å². The number of nitrogens with one attached hydrogen (secondary N) is 5. The fourth-order valence-electron chi connectivity index (χ4n) is 7.07. The number of carboxylic acids is 1. The first-order chi connectivity index (χ1) is 32.5. The van der Waals surface area contributed by atoms with Crippen LogP contribution < -0.4 is 32.3 Å². The molecule has 18 heteroatoms. The van der Waals surface area contributed by atoms with Crippen LogP contribution in [0, 0.1) is 0 Å². The highest BCUT2D eigenvalue weighted by molar-refractivity contribution is 5.97. The zero-order valence-electron chi connectivity index (χ0n) is 36.0. The summed E-state index contributed by atoms with van der Waals surface area (Å²) in [7, 11) is 0. The smallest absolute Gasteiger partial charge is 0.326 e. The quantitative estimate of drug-likeness (QED) is 0.0556. The van der Waals surface area contributed by atoms with Crippen LogP contribution in [-0.2, 0) is 41.6 Å². The summed E-state index contributed by atoms with van der Waals surface area (Å²) in [5.41, 5.74) is 8.01. The summed E-state index contributed by atoms with van der Waals surface area (Å²) < 4.78 is 0. The standard InChI is InChI=1S/C50H48N6O12/c51-41(30-10-20-36(59)21-11-30)46(63)52-39(26-28-6-16-34(57)17-7-28)45(62)54-42(31-4-2-1-3-5-31)48(65)56-44(33-14-24-38(61)25-15-33)49(66)55-43(32-12-22-37(60)23-13-32)47(64)53-40(50(67)68)27-29-8-18-35(58)19-9-29/h1-25,39-44,57-61H,26-27,51H2,(H,52,63)(H,53,64)(H,54,62)(H,55,66)(H,56,65)(H,67,68)/t39-,40+,41-,42+,43-,44-/m1/s1. The van der Waals surface area contributed by atoms with Crippen LogP contribution >= 0.6 is 0 Å². The van der Waals surface area contributed by atoms with E-state index in [0.29, 0.717) is 16.7 Å². The molecule has 6 atom stereocenters. The van der Waals surface area contributed by atoms with Crippen molar-refractivity contribution in [1.29, 1.82) is 0 Å². The second-order valence-corrected chi connectivity index (χ2v) is 15.7. The molecule has 18 nitrogen and oxygen atoms in total. The molecule has 0 fully saturated rings. The molecular weight excluding hydrogens is 877 g/mol. The number of amides is 5. The minimum atomic E-state index is -1.65. The molecular formula is C50H48N6O12. The molecule has 0 spiro atoms. The Bertz CT molecular complexity index is 2700. The Balaban J connectivity index is 1.30. The van der Waals surface area contributed by atoms with Crippen molar-refractivity contribution in [2.75, 3.05) is 0 Å². The number of benzene rings is 6. The van der Waals surface area contributed by atoms with E-state index in [0.717, 1.165) is 0 Å². The van der Waals surface area contributed by atoms with E-state index >= 15 is 0 Å². The number of carbonyl (C=O) groups is 6. The zero-order chi connectivity index (χ0) is 48.9. The molecule has 5 amide bonds. The Morgan fingerprint density at radius 1 is 0.368 bits per heavy atom. The van der Waals surface area contributed by atoms with Gasteiger partial charge < -0.3 is 63.0 Å². The highest BCUT2D eigenvalue weighted by Crippen LogP contribution is 2.25. The third-order valence-corrected chi connectivity index (χ3v) is 10.8. The third kappa shape index (κ3) is 13.1. The normalized spacial score (nSPS) is 13.5. The van der Waals surface area contributed by atoms with Gasteiger partial charge in [0.05, 0.1) is 0 Å². The minimum Gasteiger partial charge on any atom is -0.508 e. The Morgan fingerprint density at radius 3 is 1.07 bits per heavy atom. The molecule has 0 aliphatic heterocycles. The predicted molar refractivity (Wildman–Crippen MR) is 245 cm³/mol. The van der Waals surface area contributed by atoms with Gasteiger partial charge in [-0.3, -0.25) is 24.0 Å². The summed E-state index contributed by atoms with van der Waals surface area (Å²) in [6.07, 6.45) is -0.346. The van der Waals surface area contributed by atoms with Gasteiger partial charge in [-0.1, -0.05) is 91.0 Å². The number of rotatable bonds is 19. The lowest BCUT2D eigenvalue weighted by atomic mass is 9.99. The van der Waals surface area contributed by atoms with Gasteiger partial charge in [0.1, 0.15) is 65.0 Å². The van der Waals surface area contributed by atoms with E-state index in [2.05, 4.69) is 26.6 Å². The summed E-state index contributed by atoms with van der Waals surface area (Å²) in [5, 5.41) is 72.7. The maximum absolute atomic E-state index is 14.6. The number of aromatic hydroxyl groups is 5. The van der Waals surface area contributed by atoms with Gasteiger partial charge in [-0.15, -0.1) is 0 Å². The van der Waals surface area contributed by atoms with Crippen LogP contribution in [0.15, 0.2) is 152 Å². The van der Waals surface area contributed by atoms with E-state index in [1.165, 1.54) is 133 Å². The number of carbonyl (C=O) groups excluding carboxylic acids is 5. The number of hydrogen-bond donors (Lipinski definition) is 12. The van der Waals surface area contributed by atoms with Crippen molar-refractivity contribution in [2.24, 2.45) is 5.73 Å². The largest absolute Gasteiger partial charge is 0.508 e. The molecule has 6 aromatic carbocycles. The van der Waals surface area contributed by atoms with Gasteiger partial charge in [0.15, 0.2) is 0 Å². The topological polar surface area (TPSA) is 310 Å². The fraction of sp³-hybridized carbons (Fsp3) is 0.160. The molecule has 13 N–H and O–H groups in total. The highest BCUT2D eigenvalue weighted by Gasteiger charge is 2.35. The Hall–Kier alpha value is -8.90.